The van der Waals surface area contributed by atoms with Crippen LogP contribution in [0.25, 0.3) is 0 Å². The highest BCUT2D eigenvalue weighted by atomic mass is 32.2. The van der Waals surface area contributed by atoms with Gasteiger partial charge in [0.25, 0.3) is 5.76 Å². The second kappa shape index (κ2) is 7.35. The molecule has 3 rings (SSSR count). The van der Waals surface area contributed by atoms with E-state index >= 15 is 0 Å². The van der Waals surface area contributed by atoms with E-state index in [-0.39, 0.29) is 5.75 Å². The summed E-state index contributed by atoms with van der Waals surface area (Å²) in [6.07, 6.45) is 1.06. The van der Waals surface area contributed by atoms with E-state index in [2.05, 4.69) is 4.90 Å². The van der Waals surface area contributed by atoms with E-state index < -0.39 is 5.76 Å². The molecule has 0 saturated carbocycles. The lowest BCUT2D eigenvalue weighted by Gasteiger charge is -2.43. The SMILES string of the molecule is FC(F)SCc1ccc(CN2CCS[C@@H]3COCC[C@H]32)o1. The Morgan fingerprint density at radius 2 is 2.24 bits per heavy atom. The molecule has 2 aliphatic rings. The summed E-state index contributed by atoms with van der Waals surface area (Å²) < 4.78 is 35.6. The van der Waals surface area contributed by atoms with E-state index in [9.17, 15) is 8.78 Å². The second-order valence-electron chi connectivity index (χ2n) is 5.25. The molecule has 7 heteroatoms. The summed E-state index contributed by atoms with van der Waals surface area (Å²) in [4.78, 5) is 2.45. The molecule has 3 nitrogen and oxygen atoms in total. The van der Waals surface area contributed by atoms with Crippen molar-refractivity contribution in [3.63, 3.8) is 0 Å². The molecular weight excluding hydrogens is 316 g/mol. The van der Waals surface area contributed by atoms with Crippen LogP contribution in [0.5, 0.6) is 0 Å². The van der Waals surface area contributed by atoms with Crippen molar-refractivity contribution in [2.45, 2.75) is 35.8 Å². The van der Waals surface area contributed by atoms with Gasteiger partial charge in [-0.15, -0.1) is 0 Å². The summed E-state index contributed by atoms with van der Waals surface area (Å²) in [5.41, 5.74) is 0. The maximum atomic E-state index is 12.2. The van der Waals surface area contributed by atoms with Gasteiger partial charge in [-0.3, -0.25) is 4.90 Å². The van der Waals surface area contributed by atoms with E-state index in [0.29, 0.717) is 28.8 Å². The van der Waals surface area contributed by atoms with Crippen LogP contribution < -0.4 is 0 Å². The molecule has 3 heterocycles. The Kier molecular flexibility index (Phi) is 5.48. The maximum Gasteiger partial charge on any atom is 0.284 e. The number of alkyl halides is 2. The van der Waals surface area contributed by atoms with Crippen LogP contribution in [-0.4, -0.2) is 47.5 Å². The summed E-state index contributed by atoms with van der Waals surface area (Å²) in [6, 6.07) is 4.27. The molecule has 0 unspecified atom stereocenters. The van der Waals surface area contributed by atoms with Gasteiger partial charge in [0.05, 0.1) is 18.9 Å². The summed E-state index contributed by atoms with van der Waals surface area (Å²) in [5.74, 6) is 0.495. The molecule has 0 radical (unpaired) electrons. The Balaban J connectivity index is 1.57. The first-order valence-corrected chi connectivity index (χ1v) is 9.23. The fourth-order valence-corrected chi connectivity index (χ4v) is 4.70. The Hall–Kier alpha value is -0.240. The zero-order valence-corrected chi connectivity index (χ0v) is 13.3. The molecular formula is C14H19F2NO2S2. The van der Waals surface area contributed by atoms with Gasteiger partial charge in [0.1, 0.15) is 11.5 Å². The van der Waals surface area contributed by atoms with Crippen molar-refractivity contribution in [3.05, 3.63) is 23.7 Å². The van der Waals surface area contributed by atoms with Crippen LogP contribution >= 0.6 is 23.5 Å². The van der Waals surface area contributed by atoms with Crippen LogP contribution in [0.3, 0.4) is 0 Å². The largest absolute Gasteiger partial charge is 0.464 e. The van der Waals surface area contributed by atoms with Crippen LogP contribution in [0.1, 0.15) is 17.9 Å². The smallest absolute Gasteiger partial charge is 0.284 e. The van der Waals surface area contributed by atoms with Crippen LogP contribution in [-0.2, 0) is 17.0 Å². The summed E-state index contributed by atoms with van der Waals surface area (Å²) in [7, 11) is 0. The fraction of sp³-hybridized carbons (Fsp3) is 0.714. The molecule has 0 N–H and O–H groups in total. The van der Waals surface area contributed by atoms with Gasteiger partial charge in [-0.1, -0.05) is 11.8 Å². The maximum absolute atomic E-state index is 12.2. The lowest BCUT2D eigenvalue weighted by molar-refractivity contribution is 0.0327. The molecule has 2 saturated heterocycles. The normalized spacial score (nSPS) is 27.0. The van der Waals surface area contributed by atoms with Crippen molar-refractivity contribution >= 4 is 23.5 Å². The molecule has 0 amide bonds. The van der Waals surface area contributed by atoms with Crippen molar-refractivity contribution in [1.82, 2.24) is 4.90 Å². The van der Waals surface area contributed by atoms with Crippen molar-refractivity contribution in [3.8, 4) is 0 Å². The van der Waals surface area contributed by atoms with Crippen molar-refractivity contribution in [2.24, 2.45) is 0 Å². The Bertz CT molecular complexity index is 456. The van der Waals surface area contributed by atoms with Crippen LogP contribution in [0.2, 0.25) is 0 Å². The third-order valence-corrected chi connectivity index (χ3v) is 5.88. The minimum atomic E-state index is -2.35. The molecule has 2 aliphatic heterocycles. The number of hydrogen-bond acceptors (Lipinski definition) is 5. The topological polar surface area (TPSA) is 25.6 Å². The molecule has 0 aromatic carbocycles. The van der Waals surface area contributed by atoms with E-state index in [0.717, 1.165) is 44.2 Å². The molecule has 0 aliphatic carbocycles. The number of hydrogen-bond donors (Lipinski definition) is 0. The molecule has 1 aromatic heterocycles. The first-order valence-electron chi connectivity index (χ1n) is 7.13. The Morgan fingerprint density at radius 3 is 3.10 bits per heavy atom. The monoisotopic (exact) mass is 335 g/mol. The van der Waals surface area contributed by atoms with Crippen LogP contribution in [0, 0.1) is 0 Å². The first-order chi connectivity index (χ1) is 10.2. The van der Waals surface area contributed by atoms with E-state index in [1.165, 1.54) is 0 Å². The highest BCUT2D eigenvalue weighted by Crippen LogP contribution is 2.31. The second-order valence-corrected chi connectivity index (χ2v) is 7.58. The molecule has 2 fully saturated rings. The zero-order chi connectivity index (χ0) is 14.7. The number of nitrogens with zero attached hydrogens (tertiary/aromatic N) is 1. The summed E-state index contributed by atoms with van der Waals surface area (Å²) >= 11 is 2.60. The van der Waals surface area contributed by atoms with Gasteiger partial charge in [0, 0.05) is 30.2 Å². The standard InChI is InChI=1S/C14H19F2NO2S2/c15-14(16)21-9-11-2-1-10(19-11)7-17-4-6-20-13-8-18-5-3-12(13)17/h1-2,12-14H,3-9H2/t12-,13-/m1/s1. The number of ether oxygens (including phenoxy) is 1. The highest BCUT2D eigenvalue weighted by Gasteiger charge is 2.34. The summed E-state index contributed by atoms with van der Waals surface area (Å²) in [5, 5.41) is 0.552. The van der Waals surface area contributed by atoms with Gasteiger partial charge in [-0.05, 0) is 18.6 Å². The average molecular weight is 335 g/mol. The quantitative estimate of drug-likeness (QED) is 0.821. The van der Waals surface area contributed by atoms with Gasteiger partial charge in [0.2, 0.25) is 0 Å². The molecule has 21 heavy (non-hydrogen) atoms. The van der Waals surface area contributed by atoms with Crippen molar-refractivity contribution in [1.29, 1.82) is 0 Å². The lowest BCUT2D eigenvalue weighted by Crippen LogP contribution is -2.51. The third-order valence-electron chi connectivity index (χ3n) is 3.88. The third kappa shape index (κ3) is 4.15. The van der Waals surface area contributed by atoms with Gasteiger partial charge in [0.15, 0.2) is 0 Å². The fourth-order valence-electron chi connectivity index (χ4n) is 2.89. The Labute approximate surface area is 131 Å². The number of fused-ring (bicyclic) bond motifs is 1. The summed E-state index contributed by atoms with van der Waals surface area (Å²) in [6.45, 7) is 3.47. The molecule has 2 atom stereocenters. The Morgan fingerprint density at radius 1 is 1.38 bits per heavy atom. The number of thioether (sulfide) groups is 2. The predicted molar refractivity (Wildman–Crippen MR) is 81.9 cm³/mol. The molecule has 118 valence electrons. The molecule has 0 bridgehead atoms. The minimum Gasteiger partial charge on any atom is -0.464 e. The van der Waals surface area contributed by atoms with Gasteiger partial charge in [-0.2, -0.15) is 20.5 Å². The van der Waals surface area contributed by atoms with Gasteiger partial charge >= 0.3 is 0 Å². The first kappa shape index (κ1) is 15.6. The van der Waals surface area contributed by atoms with Crippen molar-refractivity contribution in [2.75, 3.05) is 25.5 Å². The van der Waals surface area contributed by atoms with Gasteiger partial charge < -0.3 is 9.15 Å². The molecule has 1 aromatic rings. The van der Waals surface area contributed by atoms with Gasteiger partial charge in [-0.25, -0.2) is 0 Å². The van der Waals surface area contributed by atoms with Crippen LogP contribution in [0.15, 0.2) is 16.5 Å². The number of rotatable bonds is 5. The van der Waals surface area contributed by atoms with Crippen molar-refractivity contribution < 1.29 is 17.9 Å². The zero-order valence-electron chi connectivity index (χ0n) is 11.7. The van der Waals surface area contributed by atoms with E-state index in [1.54, 1.807) is 0 Å². The predicted octanol–water partition coefficient (Wildman–Crippen LogP) is 3.44. The lowest BCUT2D eigenvalue weighted by atomic mass is 10.1. The van der Waals surface area contributed by atoms with E-state index in [1.807, 2.05) is 23.9 Å². The molecule has 0 spiro atoms. The minimum absolute atomic E-state index is 0.230. The van der Waals surface area contributed by atoms with Crippen LogP contribution in [0.4, 0.5) is 8.78 Å². The highest BCUT2D eigenvalue weighted by molar-refractivity contribution is 8.00. The number of furan rings is 1. The average Bonchev–Trinajstić information content (AvgIpc) is 2.93. The number of halogens is 2. The van der Waals surface area contributed by atoms with E-state index in [4.69, 9.17) is 9.15 Å².